The van der Waals surface area contributed by atoms with Gasteiger partial charge < -0.3 is 18.9 Å². The van der Waals surface area contributed by atoms with E-state index in [0.29, 0.717) is 13.0 Å². The molecular weight excluding hydrogens is 348 g/mol. The molecule has 1 rings (SSSR count). The summed E-state index contributed by atoms with van der Waals surface area (Å²) in [6, 6.07) is 0. The Labute approximate surface area is 162 Å². The summed E-state index contributed by atoms with van der Waals surface area (Å²) in [6.45, 7) is 10.6. The maximum Gasteiger partial charge on any atom is 0.345 e. The number of carbonyl (C=O) groups is 2. The maximum absolute atomic E-state index is 12.2. The molecule has 6 heteroatoms. The molecule has 1 fully saturated rings. The first-order valence-corrected chi connectivity index (χ1v) is 9.67. The van der Waals surface area contributed by atoms with E-state index in [-0.39, 0.29) is 42.8 Å². The zero-order valence-corrected chi connectivity index (χ0v) is 17.4. The Balaban J connectivity index is 2.92. The lowest BCUT2D eigenvalue weighted by Gasteiger charge is -2.38. The normalized spacial score (nSPS) is 24.7. The largest absolute Gasteiger partial charge is 0.462 e. The molecule has 0 N–H and O–H groups in total. The van der Waals surface area contributed by atoms with Crippen LogP contribution in [0.4, 0.5) is 0 Å². The second kappa shape index (κ2) is 11.9. The van der Waals surface area contributed by atoms with Crippen molar-refractivity contribution in [1.82, 2.24) is 0 Å². The van der Waals surface area contributed by atoms with E-state index < -0.39 is 11.9 Å². The fourth-order valence-corrected chi connectivity index (χ4v) is 3.34. The third-order valence-electron chi connectivity index (χ3n) is 4.61. The van der Waals surface area contributed by atoms with Crippen molar-refractivity contribution in [3.8, 4) is 0 Å². The molecule has 0 radical (unpaired) electrons. The fourth-order valence-electron chi connectivity index (χ4n) is 3.34. The van der Waals surface area contributed by atoms with Crippen LogP contribution in [0.5, 0.6) is 0 Å². The predicted molar refractivity (Wildman–Crippen MR) is 103 cm³/mol. The standard InChI is InChI=1S/C21H34O6/c1-7-25-20(22)17(21(23)26-8-2)12-16-11-15(5)19(18(13-16)24-6)27-10-9-14(3)4/h9,12,15-16,18-19H,7-8,10-11,13H2,1-6H3. The molecule has 154 valence electrons. The number of ether oxygens (including phenoxy) is 4. The Bertz CT molecular complexity index is 527. The zero-order chi connectivity index (χ0) is 20.4. The van der Waals surface area contributed by atoms with Crippen molar-refractivity contribution < 1.29 is 28.5 Å². The molecule has 0 spiro atoms. The van der Waals surface area contributed by atoms with Gasteiger partial charge in [-0.15, -0.1) is 0 Å². The highest BCUT2D eigenvalue weighted by atomic mass is 16.6. The van der Waals surface area contributed by atoms with E-state index in [0.717, 1.165) is 6.42 Å². The van der Waals surface area contributed by atoms with Gasteiger partial charge in [-0.05, 0) is 52.4 Å². The van der Waals surface area contributed by atoms with Gasteiger partial charge in [0.1, 0.15) is 5.57 Å². The van der Waals surface area contributed by atoms with Crippen LogP contribution in [0.3, 0.4) is 0 Å². The molecule has 0 aromatic carbocycles. The summed E-state index contributed by atoms with van der Waals surface area (Å²) in [7, 11) is 1.67. The van der Waals surface area contributed by atoms with Crippen LogP contribution in [-0.4, -0.2) is 51.1 Å². The average Bonchev–Trinajstić information content (AvgIpc) is 2.61. The van der Waals surface area contributed by atoms with E-state index in [9.17, 15) is 9.59 Å². The van der Waals surface area contributed by atoms with Gasteiger partial charge in [0.15, 0.2) is 0 Å². The van der Waals surface area contributed by atoms with E-state index in [1.165, 1.54) is 5.57 Å². The number of hydrogen-bond acceptors (Lipinski definition) is 6. The van der Waals surface area contributed by atoms with Crippen LogP contribution in [0, 0.1) is 11.8 Å². The van der Waals surface area contributed by atoms with Gasteiger partial charge in [0.25, 0.3) is 0 Å². The molecule has 6 nitrogen and oxygen atoms in total. The molecule has 4 unspecified atom stereocenters. The highest BCUT2D eigenvalue weighted by molar-refractivity contribution is 6.14. The Morgan fingerprint density at radius 1 is 1.04 bits per heavy atom. The monoisotopic (exact) mass is 382 g/mol. The van der Waals surface area contributed by atoms with E-state index in [2.05, 4.69) is 6.92 Å². The van der Waals surface area contributed by atoms with Crippen molar-refractivity contribution in [1.29, 1.82) is 0 Å². The van der Waals surface area contributed by atoms with Crippen molar-refractivity contribution in [3.63, 3.8) is 0 Å². The predicted octanol–water partition coefficient (Wildman–Crippen LogP) is 3.45. The highest BCUT2D eigenvalue weighted by Gasteiger charge is 2.37. The lowest BCUT2D eigenvalue weighted by Crippen LogP contribution is -2.42. The third-order valence-corrected chi connectivity index (χ3v) is 4.61. The van der Waals surface area contributed by atoms with Gasteiger partial charge in [-0.2, -0.15) is 0 Å². The topological polar surface area (TPSA) is 71.1 Å². The number of methoxy groups -OCH3 is 1. The molecule has 0 aromatic heterocycles. The molecule has 0 bridgehead atoms. The minimum atomic E-state index is -0.639. The van der Waals surface area contributed by atoms with Crippen LogP contribution < -0.4 is 0 Å². The maximum atomic E-state index is 12.2. The van der Waals surface area contributed by atoms with Crippen molar-refractivity contribution in [3.05, 3.63) is 23.3 Å². The van der Waals surface area contributed by atoms with E-state index in [1.807, 2.05) is 19.9 Å². The summed E-state index contributed by atoms with van der Waals surface area (Å²) in [5.74, 6) is -1.04. The van der Waals surface area contributed by atoms with E-state index in [1.54, 1.807) is 27.0 Å². The number of rotatable bonds is 9. The molecular formula is C21H34O6. The number of hydrogen-bond donors (Lipinski definition) is 0. The summed E-state index contributed by atoms with van der Waals surface area (Å²) in [5, 5.41) is 0. The summed E-state index contributed by atoms with van der Waals surface area (Å²) in [6.07, 6.45) is 5.07. The summed E-state index contributed by atoms with van der Waals surface area (Å²) in [4.78, 5) is 24.4. The first-order valence-electron chi connectivity index (χ1n) is 9.67. The molecule has 1 aliphatic rings. The van der Waals surface area contributed by atoms with Crippen molar-refractivity contribution in [2.75, 3.05) is 26.9 Å². The van der Waals surface area contributed by atoms with E-state index in [4.69, 9.17) is 18.9 Å². The van der Waals surface area contributed by atoms with Crippen molar-refractivity contribution >= 4 is 11.9 Å². The van der Waals surface area contributed by atoms with Gasteiger partial charge in [-0.25, -0.2) is 9.59 Å². The summed E-state index contributed by atoms with van der Waals surface area (Å²) in [5.41, 5.74) is 1.18. The molecule has 0 heterocycles. The van der Waals surface area contributed by atoms with Crippen LogP contribution >= 0.6 is 0 Å². The first kappa shape index (κ1) is 23.4. The van der Waals surface area contributed by atoms with Crippen LogP contribution in [-0.2, 0) is 28.5 Å². The second-order valence-electron chi connectivity index (χ2n) is 7.08. The first-order chi connectivity index (χ1) is 12.8. The second-order valence-corrected chi connectivity index (χ2v) is 7.08. The Morgan fingerprint density at radius 3 is 2.11 bits per heavy atom. The summed E-state index contributed by atoms with van der Waals surface area (Å²) < 4.78 is 21.7. The van der Waals surface area contributed by atoms with Crippen LogP contribution in [0.1, 0.15) is 47.5 Å². The molecule has 1 aliphatic carbocycles. The van der Waals surface area contributed by atoms with E-state index >= 15 is 0 Å². The van der Waals surface area contributed by atoms with Crippen LogP contribution in [0.15, 0.2) is 23.3 Å². The minimum Gasteiger partial charge on any atom is -0.462 e. The molecule has 0 aliphatic heterocycles. The molecule has 27 heavy (non-hydrogen) atoms. The number of carbonyl (C=O) groups excluding carboxylic acids is 2. The quantitative estimate of drug-likeness (QED) is 0.200. The fraction of sp³-hybridized carbons (Fsp3) is 0.714. The molecule has 4 atom stereocenters. The highest BCUT2D eigenvalue weighted by Crippen LogP contribution is 2.34. The van der Waals surface area contributed by atoms with Gasteiger partial charge >= 0.3 is 11.9 Å². The Morgan fingerprint density at radius 2 is 1.63 bits per heavy atom. The number of allylic oxidation sites excluding steroid dienone is 2. The molecule has 1 saturated carbocycles. The van der Waals surface area contributed by atoms with Crippen LogP contribution in [0.25, 0.3) is 0 Å². The van der Waals surface area contributed by atoms with Gasteiger partial charge in [-0.3, -0.25) is 0 Å². The Kier molecular flexibility index (Phi) is 10.3. The SMILES string of the molecule is CCOC(=O)C(=CC1CC(C)C(OCC=C(C)C)C(OC)C1)C(=O)OCC. The Hall–Kier alpha value is -1.66. The smallest absolute Gasteiger partial charge is 0.345 e. The van der Waals surface area contributed by atoms with Crippen molar-refractivity contribution in [2.24, 2.45) is 11.8 Å². The average molecular weight is 382 g/mol. The van der Waals surface area contributed by atoms with Gasteiger partial charge in [0.05, 0.1) is 32.0 Å². The number of esters is 2. The van der Waals surface area contributed by atoms with Crippen LogP contribution in [0.2, 0.25) is 0 Å². The van der Waals surface area contributed by atoms with Gasteiger partial charge in [0, 0.05) is 7.11 Å². The minimum absolute atomic E-state index is 0.0112. The van der Waals surface area contributed by atoms with Gasteiger partial charge in [-0.1, -0.05) is 24.6 Å². The van der Waals surface area contributed by atoms with Gasteiger partial charge in [0.2, 0.25) is 0 Å². The third kappa shape index (κ3) is 7.46. The molecule has 0 amide bonds. The molecule has 0 aromatic rings. The zero-order valence-electron chi connectivity index (χ0n) is 17.4. The summed E-state index contributed by atoms with van der Waals surface area (Å²) >= 11 is 0. The molecule has 0 saturated heterocycles. The lowest BCUT2D eigenvalue weighted by atomic mass is 9.77. The van der Waals surface area contributed by atoms with Crippen molar-refractivity contribution in [2.45, 2.75) is 59.7 Å². The lowest BCUT2D eigenvalue weighted by molar-refractivity contribution is -0.146.